The molecule has 5 nitrogen and oxygen atoms in total. The van der Waals surface area contributed by atoms with Gasteiger partial charge in [0.05, 0.1) is 6.54 Å². The van der Waals surface area contributed by atoms with Crippen LogP contribution in [-0.4, -0.2) is 25.3 Å². The quantitative estimate of drug-likeness (QED) is 0.935. The Kier molecular flexibility index (Phi) is 3.80. The molecule has 1 atom stereocenters. The Labute approximate surface area is 115 Å². The van der Waals surface area contributed by atoms with Gasteiger partial charge in [0.15, 0.2) is 5.82 Å². The van der Waals surface area contributed by atoms with E-state index in [0.29, 0.717) is 5.82 Å². The lowest BCUT2D eigenvalue weighted by Gasteiger charge is -2.19. The first kappa shape index (κ1) is 14.5. The summed E-state index contributed by atoms with van der Waals surface area (Å²) in [4.78, 5) is 0. The second kappa shape index (κ2) is 5.24. The van der Waals surface area contributed by atoms with Crippen LogP contribution in [0.1, 0.15) is 38.3 Å². The summed E-state index contributed by atoms with van der Waals surface area (Å²) in [5, 5.41) is 21.3. The average Bonchev–Trinajstić information content (AvgIpc) is 2.76. The Balaban J connectivity index is 2.24. The molecule has 1 heterocycles. The zero-order chi connectivity index (χ0) is 14.9. The van der Waals surface area contributed by atoms with Crippen molar-refractivity contribution in [2.45, 2.75) is 38.8 Å². The van der Waals surface area contributed by atoms with Crippen molar-refractivity contribution in [1.29, 1.82) is 0 Å². The van der Waals surface area contributed by atoms with Crippen LogP contribution in [0.3, 0.4) is 0 Å². The van der Waals surface area contributed by atoms with E-state index in [1.54, 1.807) is 0 Å². The highest BCUT2D eigenvalue weighted by molar-refractivity contribution is 5.20. The zero-order valence-corrected chi connectivity index (χ0v) is 11.5. The summed E-state index contributed by atoms with van der Waals surface area (Å²) in [5.41, 5.74) is -0.286. The fourth-order valence-electron chi connectivity index (χ4n) is 1.90. The maximum atomic E-state index is 13.6. The number of hydrogen-bond donors (Lipinski definition) is 1. The van der Waals surface area contributed by atoms with E-state index < -0.39 is 17.7 Å². The van der Waals surface area contributed by atoms with E-state index in [0.717, 1.165) is 12.1 Å². The van der Waals surface area contributed by atoms with Crippen molar-refractivity contribution < 1.29 is 13.9 Å². The summed E-state index contributed by atoms with van der Waals surface area (Å²) in [7, 11) is 0. The van der Waals surface area contributed by atoms with Gasteiger partial charge in [-0.25, -0.2) is 13.5 Å². The molecular weight excluding hydrogens is 266 g/mol. The molecule has 0 spiro atoms. The lowest BCUT2D eigenvalue weighted by atomic mass is 9.95. The highest BCUT2D eigenvalue weighted by Gasteiger charge is 2.24. The van der Waals surface area contributed by atoms with Crippen LogP contribution in [0.15, 0.2) is 18.2 Å². The Morgan fingerprint density at radius 1 is 1.30 bits per heavy atom. The monoisotopic (exact) mass is 282 g/mol. The number of rotatable bonds is 3. The van der Waals surface area contributed by atoms with Gasteiger partial charge in [-0.2, -0.15) is 0 Å². The van der Waals surface area contributed by atoms with E-state index >= 15 is 0 Å². The molecule has 0 unspecified atom stereocenters. The highest BCUT2D eigenvalue weighted by atomic mass is 19.1. The van der Waals surface area contributed by atoms with Crippen LogP contribution in [0.4, 0.5) is 8.78 Å². The van der Waals surface area contributed by atoms with Gasteiger partial charge in [0.2, 0.25) is 0 Å². The van der Waals surface area contributed by atoms with Gasteiger partial charge in [-0.15, -0.1) is 5.10 Å². The van der Waals surface area contributed by atoms with Crippen molar-refractivity contribution in [3.8, 4) is 0 Å². The van der Waals surface area contributed by atoms with E-state index in [1.165, 1.54) is 10.7 Å². The molecule has 0 saturated carbocycles. The van der Waals surface area contributed by atoms with Gasteiger partial charge in [0, 0.05) is 17.0 Å². The predicted molar refractivity (Wildman–Crippen MR) is 67.8 cm³/mol. The van der Waals surface area contributed by atoms with E-state index in [4.69, 9.17) is 0 Å². The zero-order valence-electron chi connectivity index (χ0n) is 11.5. The number of nitrogens with zero attached hydrogens (tertiary/aromatic N) is 4. The minimum atomic E-state index is -1.15. The number of hydrogen-bond acceptors (Lipinski definition) is 4. The van der Waals surface area contributed by atoms with Crippen LogP contribution < -0.4 is 0 Å². The number of aliphatic hydroxyl groups is 1. The maximum Gasteiger partial charge on any atom is 0.156 e. The average molecular weight is 282 g/mol. The smallest absolute Gasteiger partial charge is 0.156 e. The molecule has 0 fully saturated rings. The summed E-state index contributed by atoms with van der Waals surface area (Å²) in [5.74, 6) is -0.891. The van der Waals surface area contributed by atoms with Crippen LogP contribution in [0.25, 0.3) is 0 Å². The number of halogens is 2. The molecule has 0 aliphatic heterocycles. The molecule has 0 aliphatic carbocycles. The van der Waals surface area contributed by atoms with Gasteiger partial charge in [-0.3, -0.25) is 0 Å². The summed E-state index contributed by atoms with van der Waals surface area (Å²) in [6.45, 7) is 5.79. The molecule has 1 N–H and O–H groups in total. The molecule has 0 bridgehead atoms. The Hall–Kier alpha value is -1.89. The van der Waals surface area contributed by atoms with Crippen LogP contribution in [-0.2, 0) is 12.0 Å². The fraction of sp³-hybridized carbons (Fsp3) is 0.462. The molecular formula is C13H16F2N4O. The van der Waals surface area contributed by atoms with Crippen molar-refractivity contribution in [3.05, 3.63) is 41.2 Å². The lowest BCUT2D eigenvalue weighted by Crippen LogP contribution is -2.22. The summed E-state index contributed by atoms with van der Waals surface area (Å²) < 4.78 is 27.9. The number of benzene rings is 1. The molecule has 1 aromatic carbocycles. The minimum Gasteiger partial charge on any atom is -0.386 e. The molecule has 0 saturated heterocycles. The third-order valence-corrected chi connectivity index (χ3v) is 2.87. The van der Waals surface area contributed by atoms with Crippen molar-refractivity contribution in [2.75, 3.05) is 0 Å². The van der Waals surface area contributed by atoms with Gasteiger partial charge in [0.25, 0.3) is 0 Å². The third-order valence-electron chi connectivity index (χ3n) is 2.87. The molecule has 20 heavy (non-hydrogen) atoms. The van der Waals surface area contributed by atoms with E-state index in [1.807, 2.05) is 20.8 Å². The van der Waals surface area contributed by atoms with Crippen LogP contribution in [0.2, 0.25) is 0 Å². The molecule has 1 aromatic heterocycles. The Morgan fingerprint density at radius 2 is 2.00 bits per heavy atom. The first-order valence-electron chi connectivity index (χ1n) is 6.18. The van der Waals surface area contributed by atoms with Crippen molar-refractivity contribution in [2.24, 2.45) is 0 Å². The summed E-state index contributed by atoms with van der Waals surface area (Å²) in [6.07, 6.45) is -1.15. The number of aliphatic hydroxyl groups excluding tert-OH is 1. The van der Waals surface area contributed by atoms with Gasteiger partial charge in [-0.1, -0.05) is 26.8 Å². The first-order valence-corrected chi connectivity index (χ1v) is 6.18. The first-order chi connectivity index (χ1) is 9.29. The van der Waals surface area contributed by atoms with Gasteiger partial charge >= 0.3 is 0 Å². The lowest BCUT2D eigenvalue weighted by molar-refractivity contribution is 0.143. The largest absolute Gasteiger partial charge is 0.386 e. The normalized spacial score (nSPS) is 13.5. The maximum absolute atomic E-state index is 13.6. The Bertz CT molecular complexity index is 607. The van der Waals surface area contributed by atoms with E-state index in [2.05, 4.69) is 15.5 Å². The van der Waals surface area contributed by atoms with Crippen LogP contribution >= 0.6 is 0 Å². The van der Waals surface area contributed by atoms with Crippen molar-refractivity contribution in [3.63, 3.8) is 0 Å². The van der Waals surface area contributed by atoms with Crippen molar-refractivity contribution in [1.82, 2.24) is 20.2 Å². The molecule has 0 aliphatic rings. The molecule has 2 rings (SSSR count). The third kappa shape index (κ3) is 2.98. The second-order valence-corrected chi connectivity index (χ2v) is 5.62. The van der Waals surface area contributed by atoms with Crippen LogP contribution in [0.5, 0.6) is 0 Å². The standard InChI is InChI=1S/C13H16F2N4O/c1-13(2,3)12-16-17-18-19(12)7-11(20)9-5-4-8(14)6-10(9)15/h4-6,11,20H,7H2,1-3H3/t11-/m0/s1. The van der Waals surface area contributed by atoms with Crippen molar-refractivity contribution >= 4 is 0 Å². The predicted octanol–water partition coefficient (Wildman–Crippen LogP) is 1.98. The second-order valence-electron chi connectivity index (χ2n) is 5.62. The molecule has 108 valence electrons. The fourth-order valence-corrected chi connectivity index (χ4v) is 1.90. The highest BCUT2D eigenvalue weighted by Crippen LogP contribution is 2.23. The molecule has 2 aromatic rings. The van der Waals surface area contributed by atoms with Gasteiger partial charge < -0.3 is 5.11 Å². The molecule has 0 amide bonds. The van der Waals surface area contributed by atoms with E-state index in [-0.39, 0.29) is 17.5 Å². The topological polar surface area (TPSA) is 63.8 Å². The van der Waals surface area contributed by atoms with Gasteiger partial charge in [0.1, 0.15) is 17.7 Å². The minimum absolute atomic E-state index is 0.00214. The van der Waals surface area contributed by atoms with Gasteiger partial charge in [-0.05, 0) is 16.5 Å². The number of tetrazole rings is 1. The molecule has 7 heteroatoms. The summed E-state index contributed by atoms with van der Waals surface area (Å²) in [6, 6.07) is 3.06. The summed E-state index contributed by atoms with van der Waals surface area (Å²) >= 11 is 0. The Morgan fingerprint density at radius 3 is 2.60 bits per heavy atom. The van der Waals surface area contributed by atoms with Crippen LogP contribution in [0, 0.1) is 11.6 Å². The number of aromatic nitrogens is 4. The van der Waals surface area contributed by atoms with E-state index in [9.17, 15) is 13.9 Å². The SMILES string of the molecule is CC(C)(C)c1nnnn1C[C@H](O)c1ccc(F)cc1F. The molecule has 0 radical (unpaired) electrons.